The first kappa shape index (κ1) is 11.9. The van der Waals surface area contributed by atoms with Crippen LogP contribution in [0.1, 0.15) is 33.6 Å². The van der Waals surface area contributed by atoms with E-state index in [1.807, 2.05) is 0 Å². The summed E-state index contributed by atoms with van der Waals surface area (Å²) in [6, 6.07) is 0. The fourth-order valence-corrected chi connectivity index (χ4v) is 0.690. The number of allylic oxidation sites excluding steroid dienone is 1. The van der Waals surface area contributed by atoms with Crippen molar-refractivity contribution in [3.8, 4) is 0 Å². The van der Waals surface area contributed by atoms with Gasteiger partial charge in [-0.2, -0.15) is 0 Å². The largest absolute Gasteiger partial charge is 0.429 e. The van der Waals surface area contributed by atoms with Crippen molar-refractivity contribution in [2.75, 3.05) is 0 Å². The van der Waals surface area contributed by atoms with Crippen LogP contribution in [0.4, 0.5) is 0 Å². The van der Waals surface area contributed by atoms with Crippen molar-refractivity contribution in [3.05, 3.63) is 12.3 Å². The van der Waals surface area contributed by atoms with Gasteiger partial charge in [0.1, 0.15) is 0 Å². The fourth-order valence-electron chi connectivity index (χ4n) is 0.690. The average Bonchev–Trinajstić information content (AvgIpc) is 2.02. The Balaban J connectivity index is 3.52. The number of carbonyl (C=O) groups excluding carboxylic acids is 2. The van der Waals surface area contributed by atoms with E-state index in [1.54, 1.807) is 6.08 Å². The first-order valence-electron chi connectivity index (χ1n) is 4.40. The number of carbonyl (C=O) groups is 2. The summed E-state index contributed by atoms with van der Waals surface area (Å²) in [6.45, 7) is 5.43. The Labute approximate surface area is 78.8 Å². The van der Waals surface area contributed by atoms with Gasteiger partial charge in [0.05, 0.1) is 6.26 Å². The van der Waals surface area contributed by atoms with Crippen LogP contribution in [0.15, 0.2) is 12.3 Å². The van der Waals surface area contributed by atoms with Crippen LogP contribution in [0.5, 0.6) is 0 Å². The highest BCUT2D eigenvalue weighted by Gasteiger charge is 2.05. The Morgan fingerprint density at radius 1 is 1.38 bits per heavy atom. The molecule has 0 saturated heterocycles. The Morgan fingerprint density at radius 3 is 2.46 bits per heavy atom. The quantitative estimate of drug-likeness (QED) is 0.373. The smallest absolute Gasteiger partial charge is 0.379 e. The number of esters is 1. The maximum atomic E-state index is 10.6. The Hall–Kier alpha value is -1.12. The van der Waals surface area contributed by atoms with Crippen molar-refractivity contribution >= 4 is 11.8 Å². The van der Waals surface area contributed by atoms with Gasteiger partial charge < -0.3 is 4.74 Å². The van der Waals surface area contributed by atoms with E-state index in [0.717, 1.165) is 12.8 Å². The van der Waals surface area contributed by atoms with Crippen molar-refractivity contribution in [2.24, 2.45) is 5.92 Å². The summed E-state index contributed by atoms with van der Waals surface area (Å²) >= 11 is 0. The minimum absolute atomic E-state index is 0.575. The lowest BCUT2D eigenvalue weighted by Crippen LogP contribution is -2.09. The van der Waals surface area contributed by atoms with Crippen molar-refractivity contribution < 1.29 is 14.3 Å². The molecule has 0 heterocycles. The van der Waals surface area contributed by atoms with E-state index in [1.165, 1.54) is 13.2 Å². The molecule has 0 spiro atoms. The van der Waals surface area contributed by atoms with Crippen LogP contribution in [0.25, 0.3) is 0 Å². The lowest BCUT2D eigenvalue weighted by atomic mass is 10.1. The second-order valence-electron chi connectivity index (χ2n) is 3.30. The summed E-state index contributed by atoms with van der Waals surface area (Å²) in [6.07, 6.45) is 4.95. The van der Waals surface area contributed by atoms with Gasteiger partial charge in [-0.05, 0) is 24.8 Å². The molecule has 0 unspecified atom stereocenters. The molecule has 3 nitrogen and oxygen atoms in total. The fraction of sp³-hybridized carbons (Fsp3) is 0.600. The molecule has 0 aromatic carbocycles. The molecule has 0 rings (SSSR count). The number of Topliss-reactive ketones (excluding diaryl/α,β-unsaturated/α-hetero) is 1. The summed E-state index contributed by atoms with van der Waals surface area (Å²) in [5.41, 5.74) is 0. The lowest BCUT2D eigenvalue weighted by Gasteiger charge is -1.98. The Morgan fingerprint density at radius 2 is 2.00 bits per heavy atom. The molecule has 0 amide bonds. The van der Waals surface area contributed by atoms with Crippen LogP contribution in [0, 0.1) is 5.92 Å². The molecular weight excluding hydrogens is 168 g/mol. The highest BCUT2D eigenvalue weighted by Crippen LogP contribution is 2.03. The van der Waals surface area contributed by atoms with Crippen LogP contribution < -0.4 is 0 Å². The number of rotatable bonds is 5. The Kier molecular flexibility index (Phi) is 5.85. The van der Waals surface area contributed by atoms with Crippen molar-refractivity contribution in [1.82, 2.24) is 0 Å². The number of ether oxygens (including phenoxy) is 1. The molecule has 0 aliphatic carbocycles. The molecule has 0 aliphatic rings. The Bertz CT molecular complexity index is 204. The SMILES string of the molecule is CC(=O)C(=O)OC=CCCC(C)C. The van der Waals surface area contributed by atoms with E-state index in [0.29, 0.717) is 5.92 Å². The first-order chi connectivity index (χ1) is 6.04. The van der Waals surface area contributed by atoms with E-state index in [2.05, 4.69) is 18.6 Å². The average molecular weight is 184 g/mol. The van der Waals surface area contributed by atoms with E-state index >= 15 is 0 Å². The highest BCUT2D eigenvalue weighted by molar-refractivity contribution is 6.32. The van der Waals surface area contributed by atoms with Crippen LogP contribution in [-0.4, -0.2) is 11.8 Å². The third-order valence-corrected chi connectivity index (χ3v) is 1.47. The van der Waals surface area contributed by atoms with Gasteiger partial charge in [0.2, 0.25) is 5.78 Å². The molecular formula is C10H16O3. The third-order valence-electron chi connectivity index (χ3n) is 1.47. The predicted octanol–water partition coefficient (Wildman–Crippen LogP) is 2.07. The number of hydrogen-bond donors (Lipinski definition) is 0. The van der Waals surface area contributed by atoms with Crippen molar-refractivity contribution in [2.45, 2.75) is 33.6 Å². The molecule has 0 aromatic heterocycles. The summed E-state index contributed by atoms with van der Waals surface area (Å²) < 4.78 is 4.52. The lowest BCUT2D eigenvalue weighted by molar-refractivity contribution is -0.148. The maximum Gasteiger partial charge on any atom is 0.379 e. The zero-order valence-corrected chi connectivity index (χ0v) is 8.37. The van der Waals surface area contributed by atoms with Gasteiger partial charge in [0, 0.05) is 6.92 Å². The highest BCUT2D eigenvalue weighted by atomic mass is 16.5. The second kappa shape index (κ2) is 6.40. The van der Waals surface area contributed by atoms with E-state index < -0.39 is 11.8 Å². The maximum absolute atomic E-state index is 10.6. The summed E-state index contributed by atoms with van der Waals surface area (Å²) in [7, 11) is 0. The normalized spacial score (nSPS) is 10.8. The molecule has 0 aliphatic heterocycles. The van der Waals surface area contributed by atoms with Crippen LogP contribution in [0.3, 0.4) is 0 Å². The molecule has 0 aromatic rings. The molecule has 0 N–H and O–H groups in total. The summed E-state index contributed by atoms with van der Waals surface area (Å²) in [4.78, 5) is 21.0. The molecule has 3 heteroatoms. The van der Waals surface area contributed by atoms with Crippen molar-refractivity contribution in [1.29, 1.82) is 0 Å². The zero-order valence-electron chi connectivity index (χ0n) is 8.37. The molecule has 0 bridgehead atoms. The van der Waals surface area contributed by atoms with Crippen LogP contribution in [0.2, 0.25) is 0 Å². The molecule has 0 atom stereocenters. The van der Waals surface area contributed by atoms with Gasteiger partial charge in [-0.3, -0.25) is 4.79 Å². The van der Waals surface area contributed by atoms with E-state index in [4.69, 9.17) is 0 Å². The summed E-state index contributed by atoms with van der Waals surface area (Å²) in [5, 5.41) is 0. The molecule has 0 radical (unpaired) electrons. The second-order valence-corrected chi connectivity index (χ2v) is 3.30. The molecule has 0 fully saturated rings. The van der Waals surface area contributed by atoms with Gasteiger partial charge in [-0.15, -0.1) is 0 Å². The topological polar surface area (TPSA) is 43.4 Å². The number of ketones is 1. The van der Waals surface area contributed by atoms with Gasteiger partial charge >= 0.3 is 5.97 Å². The molecule has 13 heavy (non-hydrogen) atoms. The van der Waals surface area contributed by atoms with Crippen molar-refractivity contribution in [3.63, 3.8) is 0 Å². The van der Waals surface area contributed by atoms with E-state index in [-0.39, 0.29) is 0 Å². The van der Waals surface area contributed by atoms with Gasteiger partial charge in [0.25, 0.3) is 0 Å². The zero-order chi connectivity index (χ0) is 10.3. The predicted molar refractivity (Wildman–Crippen MR) is 50.0 cm³/mol. The first-order valence-corrected chi connectivity index (χ1v) is 4.40. The van der Waals surface area contributed by atoms with E-state index in [9.17, 15) is 9.59 Å². The molecule has 74 valence electrons. The standard InChI is InChI=1S/C10H16O3/c1-8(2)6-4-5-7-13-10(12)9(3)11/h5,7-8H,4,6H2,1-3H3. The van der Waals surface area contributed by atoms with Crippen LogP contribution in [-0.2, 0) is 14.3 Å². The third kappa shape index (κ3) is 7.25. The minimum atomic E-state index is -0.805. The summed E-state index contributed by atoms with van der Waals surface area (Å²) in [5.74, 6) is -0.748. The number of hydrogen-bond acceptors (Lipinski definition) is 3. The minimum Gasteiger partial charge on any atom is -0.429 e. The van der Waals surface area contributed by atoms with Crippen LogP contribution >= 0.6 is 0 Å². The monoisotopic (exact) mass is 184 g/mol. The molecule has 0 saturated carbocycles. The van der Waals surface area contributed by atoms with Gasteiger partial charge in [0.15, 0.2) is 0 Å². The van der Waals surface area contributed by atoms with Gasteiger partial charge in [-0.1, -0.05) is 13.8 Å². The van der Waals surface area contributed by atoms with Gasteiger partial charge in [-0.25, -0.2) is 4.79 Å².